The van der Waals surface area contributed by atoms with Crippen LogP contribution in [0.2, 0.25) is 0 Å². The van der Waals surface area contributed by atoms with Gasteiger partial charge >= 0.3 is 11.7 Å². The van der Waals surface area contributed by atoms with Crippen molar-refractivity contribution in [3.05, 3.63) is 71.1 Å². The van der Waals surface area contributed by atoms with Gasteiger partial charge in [-0.15, -0.1) is 0 Å². The minimum atomic E-state index is -0.677. The smallest absolute Gasteiger partial charge is 0.344 e. The quantitative estimate of drug-likeness (QED) is 0.161. The van der Waals surface area contributed by atoms with Gasteiger partial charge in [-0.25, -0.2) is 9.78 Å². The highest BCUT2D eigenvalue weighted by molar-refractivity contribution is 9.10. The zero-order valence-electron chi connectivity index (χ0n) is 18.4. The van der Waals surface area contributed by atoms with Gasteiger partial charge in [-0.1, -0.05) is 38.8 Å². The zero-order chi connectivity index (χ0) is 25.0. The van der Waals surface area contributed by atoms with Crippen LogP contribution in [0.3, 0.4) is 0 Å². The first-order chi connectivity index (χ1) is 16.1. The predicted molar refractivity (Wildman–Crippen MR) is 134 cm³/mol. The molecule has 34 heavy (non-hydrogen) atoms. The van der Waals surface area contributed by atoms with Crippen LogP contribution in [0.15, 0.2) is 49.2 Å². The summed E-state index contributed by atoms with van der Waals surface area (Å²) in [6, 6.07) is 7.94. The molecule has 0 unspecified atom stereocenters. The molecule has 0 bridgehead atoms. The van der Waals surface area contributed by atoms with E-state index in [9.17, 15) is 19.7 Å². The number of hydrogen-bond donors (Lipinski definition) is 0. The molecule has 3 aromatic rings. The lowest BCUT2D eigenvalue weighted by atomic mass is 10.2. The van der Waals surface area contributed by atoms with E-state index in [4.69, 9.17) is 9.47 Å². The van der Waals surface area contributed by atoms with Crippen molar-refractivity contribution in [1.29, 1.82) is 0 Å². The Morgan fingerprint density at radius 3 is 2.65 bits per heavy atom. The molecule has 0 saturated carbocycles. The van der Waals surface area contributed by atoms with Crippen LogP contribution in [0.4, 0.5) is 5.69 Å². The van der Waals surface area contributed by atoms with Gasteiger partial charge in [0.2, 0.25) is 5.75 Å². The molecule has 0 spiro atoms. The van der Waals surface area contributed by atoms with Gasteiger partial charge in [0.15, 0.2) is 6.61 Å². The summed E-state index contributed by atoms with van der Waals surface area (Å²) in [5.74, 6) is -0.451. The molecule has 3 rings (SSSR count). The van der Waals surface area contributed by atoms with E-state index in [1.807, 2.05) is 6.92 Å². The van der Waals surface area contributed by atoms with E-state index in [1.165, 1.54) is 18.3 Å². The second kappa shape index (κ2) is 10.9. The van der Waals surface area contributed by atoms with Gasteiger partial charge in [-0.2, -0.15) is 9.78 Å². The van der Waals surface area contributed by atoms with Crippen LogP contribution < -0.4 is 10.3 Å². The van der Waals surface area contributed by atoms with E-state index >= 15 is 0 Å². The van der Waals surface area contributed by atoms with Crippen LogP contribution in [0.25, 0.3) is 10.9 Å². The molecular weight excluding hydrogens is 576 g/mol. The molecule has 0 fully saturated rings. The number of carbonyl (C=O) groups excluding carboxylic acids is 1. The standard InChI is InChI=1S/C22H20Br2N4O6/c1-4-19-26-17-6-5-14(23)8-16(17)22(30)27(19)25-10-13-7-15(24)9-18(28(31)32)21(13)33-11-20(29)34-12(2)3/h5-10,12H,4,11H2,1-3H3. The SMILES string of the molecule is CCc1nc2ccc(Br)cc2c(=O)n1N=Cc1cc(Br)cc([N+](=O)[O-])c1OCC(=O)OC(C)C. The normalized spacial score (nSPS) is 11.4. The third kappa shape index (κ3) is 5.86. The summed E-state index contributed by atoms with van der Waals surface area (Å²) in [6.07, 6.45) is 1.31. The maximum Gasteiger partial charge on any atom is 0.344 e. The van der Waals surface area contributed by atoms with Crippen molar-refractivity contribution in [2.75, 3.05) is 6.61 Å². The molecular formula is C22H20Br2N4O6. The third-order valence-electron chi connectivity index (χ3n) is 4.46. The van der Waals surface area contributed by atoms with Crippen molar-refractivity contribution in [3.63, 3.8) is 0 Å². The van der Waals surface area contributed by atoms with E-state index in [2.05, 4.69) is 41.9 Å². The number of benzene rings is 2. The number of esters is 1. The Balaban J connectivity index is 2.10. The summed E-state index contributed by atoms with van der Waals surface area (Å²) in [6.45, 7) is 4.65. The summed E-state index contributed by atoms with van der Waals surface area (Å²) in [5, 5.41) is 16.3. The number of hydrogen-bond acceptors (Lipinski definition) is 8. The minimum Gasteiger partial charge on any atom is -0.474 e. The summed E-state index contributed by atoms with van der Waals surface area (Å²) in [4.78, 5) is 40.5. The Kier molecular flexibility index (Phi) is 8.15. The fraction of sp³-hybridized carbons (Fsp3) is 0.273. The van der Waals surface area contributed by atoms with Gasteiger partial charge in [-0.05, 0) is 38.1 Å². The van der Waals surface area contributed by atoms with Gasteiger partial charge in [0.25, 0.3) is 5.56 Å². The largest absolute Gasteiger partial charge is 0.474 e. The lowest BCUT2D eigenvalue weighted by molar-refractivity contribution is -0.385. The van der Waals surface area contributed by atoms with Crippen LogP contribution >= 0.6 is 31.9 Å². The van der Waals surface area contributed by atoms with Crippen LogP contribution in [0, 0.1) is 10.1 Å². The first-order valence-corrected chi connectivity index (χ1v) is 11.7. The van der Waals surface area contributed by atoms with Gasteiger partial charge in [0.05, 0.1) is 28.1 Å². The lowest BCUT2D eigenvalue weighted by Gasteiger charge is -2.12. The minimum absolute atomic E-state index is 0.180. The molecule has 12 heteroatoms. The fourth-order valence-electron chi connectivity index (χ4n) is 3.08. The van der Waals surface area contributed by atoms with E-state index < -0.39 is 23.1 Å². The number of ether oxygens (including phenoxy) is 2. The molecule has 0 atom stereocenters. The number of carbonyl (C=O) groups is 1. The molecule has 10 nitrogen and oxygen atoms in total. The maximum absolute atomic E-state index is 13.1. The van der Waals surface area contributed by atoms with Crippen LogP contribution in [-0.2, 0) is 16.0 Å². The number of aryl methyl sites for hydroxylation is 1. The molecule has 178 valence electrons. The monoisotopic (exact) mass is 594 g/mol. The van der Waals surface area contributed by atoms with Crippen LogP contribution in [0.5, 0.6) is 5.75 Å². The van der Waals surface area contributed by atoms with Crippen molar-refractivity contribution < 1.29 is 19.2 Å². The van der Waals surface area contributed by atoms with Gasteiger partial charge < -0.3 is 9.47 Å². The Bertz CT molecular complexity index is 1350. The molecule has 0 aliphatic rings. The van der Waals surface area contributed by atoms with E-state index in [1.54, 1.807) is 32.0 Å². The number of halogens is 2. The molecule has 0 aliphatic heterocycles. The summed E-state index contributed by atoms with van der Waals surface area (Å²) in [7, 11) is 0. The first-order valence-electron chi connectivity index (χ1n) is 10.2. The number of nitrogens with zero attached hydrogens (tertiary/aromatic N) is 4. The Labute approximate surface area is 211 Å². The van der Waals surface area contributed by atoms with Crippen molar-refractivity contribution >= 4 is 60.6 Å². The zero-order valence-corrected chi connectivity index (χ0v) is 21.6. The first kappa shape index (κ1) is 25.5. The summed E-state index contributed by atoms with van der Waals surface area (Å²) in [5.41, 5.74) is -0.0623. The van der Waals surface area contributed by atoms with Crippen molar-refractivity contribution in [3.8, 4) is 5.75 Å². The van der Waals surface area contributed by atoms with Crippen molar-refractivity contribution in [1.82, 2.24) is 9.66 Å². The average Bonchev–Trinajstić information content (AvgIpc) is 2.77. The fourth-order valence-corrected chi connectivity index (χ4v) is 3.90. The highest BCUT2D eigenvalue weighted by atomic mass is 79.9. The lowest BCUT2D eigenvalue weighted by Crippen LogP contribution is -2.22. The van der Waals surface area contributed by atoms with E-state index in [0.29, 0.717) is 32.1 Å². The van der Waals surface area contributed by atoms with E-state index in [0.717, 1.165) is 4.68 Å². The topological polar surface area (TPSA) is 126 Å². The molecule has 2 aromatic carbocycles. The van der Waals surface area contributed by atoms with Gasteiger partial charge in [-0.3, -0.25) is 14.9 Å². The average molecular weight is 596 g/mol. The molecule has 0 radical (unpaired) electrons. The highest BCUT2D eigenvalue weighted by Gasteiger charge is 2.22. The maximum atomic E-state index is 13.1. The molecule has 0 amide bonds. The van der Waals surface area contributed by atoms with Crippen molar-refractivity contribution in [2.45, 2.75) is 33.3 Å². The molecule has 1 aromatic heterocycles. The van der Waals surface area contributed by atoms with Crippen LogP contribution in [0.1, 0.15) is 32.2 Å². The highest BCUT2D eigenvalue weighted by Crippen LogP contribution is 2.34. The van der Waals surface area contributed by atoms with Crippen molar-refractivity contribution in [2.24, 2.45) is 5.10 Å². The number of nitro groups is 1. The second-order valence-electron chi connectivity index (χ2n) is 7.33. The van der Waals surface area contributed by atoms with Gasteiger partial charge in [0.1, 0.15) is 5.82 Å². The Morgan fingerprint density at radius 2 is 2.00 bits per heavy atom. The second-order valence-corrected chi connectivity index (χ2v) is 9.16. The predicted octanol–water partition coefficient (Wildman–Crippen LogP) is 4.60. The number of nitro benzene ring substituents is 1. The molecule has 0 N–H and O–H groups in total. The summed E-state index contributed by atoms with van der Waals surface area (Å²) < 4.78 is 12.7. The molecule has 0 saturated heterocycles. The van der Waals surface area contributed by atoms with Gasteiger partial charge in [0, 0.05) is 27.0 Å². The number of rotatable bonds is 8. The number of aromatic nitrogens is 2. The Morgan fingerprint density at radius 1 is 1.26 bits per heavy atom. The third-order valence-corrected chi connectivity index (χ3v) is 5.42. The summed E-state index contributed by atoms with van der Waals surface area (Å²) >= 11 is 6.59. The number of fused-ring (bicyclic) bond motifs is 1. The van der Waals surface area contributed by atoms with Crippen LogP contribution in [-0.4, -0.2) is 39.5 Å². The Hall–Kier alpha value is -3.12. The molecule has 1 heterocycles. The van der Waals surface area contributed by atoms with E-state index in [-0.39, 0.29) is 23.1 Å². The molecule has 0 aliphatic carbocycles.